The summed E-state index contributed by atoms with van der Waals surface area (Å²) in [4.78, 5) is 18.3. The van der Waals surface area contributed by atoms with Crippen molar-refractivity contribution in [2.75, 3.05) is 26.2 Å². The van der Waals surface area contributed by atoms with Crippen LogP contribution in [0.2, 0.25) is 0 Å². The number of rotatable bonds is 12. The number of fused-ring (bicyclic) bond motifs is 1. The predicted molar refractivity (Wildman–Crippen MR) is 158 cm³/mol. The minimum atomic E-state index is -0.516. The topological polar surface area (TPSA) is 64.5 Å². The van der Waals surface area contributed by atoms with Crippen molar-refractivity contribution in [3.05, 3.63) is 18.3 Å². The van der Waals surface area contributed by atoms with E-state index in [1.54, 1.807) is 23.5 Å². The van der Waals surface area contributed by atoms with Crippen LogP contribution in [0.1, 0.15) is 92.9 Å². The number of nitrogens with one attached hydrogen (secondary N) is 1. The Balaban J connectivity index is 0.000000248. The highest BCUT2D eigenvalue weighted by molar-refractivity contribution is 8.33. The summed E-state index contributed by atoms with van der Waals surface area (Å²) in [5.74, 6) is -0.220. The third-order valence-corrected chi connectivity index (χ3v) is 12.6. The normalized spacial score (nSPS) is 22.1. The Hall–Kier alpha value is -0.220. The predicted octanol–water partition coefficient (Wildman–Crippen LogP) is 6.87. The van der Waals surface area contributed by atoms with Gasteiger partial charge in [-0.2, -0.15) is 0 Å². The molecule has 2 atom stereocenters. The first-order valence-electron chi connectivity index (χ1n) is 13.3. The highest BCUT2D eigenvalue weighted by Gasteiger charge is 2.41. The number of hydrogen-bond acceptors (Lipinski definition) is 7. The van der Waals surface area contributed by atoms with Gasteiger partial charge >= 0.3 is 0 Å². The Morgan fingerprint density at radius 3 is 1.69 bits per heavy atom. The maximum Gasteiger partial charge on any atom is 0.241 e. The molecule has 9 heteroatoms. The van der Waals surface area contributed by atoms with Crippen molar-refractivity contribution in [3.63, 3.8) is 0 Å². The van der Waals surface area contributed by atoms with Gasteiger partial charge in [0.25, 0.3) is 0 Å². The molecule has 3 heterocycles. The van der Waals surface area contributed by atoms with E-state index in [-0.39, 0.29) is 16.5 Å². The molecular weight excluding hydrogens is 515 g/mol. The van der Waals surface area contributed by atoms with E-state index in [1.165, 1.54) is 120 Å². The molecule has 3 aliphatic rings. The minimum Gasteiger partial charge on any atom is -0.846 e. The summed E-state index contributed by atoms with van der Waals surface area (Å²) in [6.07, 6.45) is 11.1. The van der Waals surface area contributed by atoms with Crippen LogP contribution < -0.4 is 10.4 Å². The summed E-state index contributed by atoms with van der Waals surface area (Å²) in [7, 11) is 0. The Morgan fingerprint density at radius 2 is 1.26 bits per heavy atom. The number of amidine groups is 1. The molecule has 0 radical (unpaired) electrons. The quantitative estimate of drug-likeness (QED) is 0.263. The first-order chi connectivity index (χ1) is 16.8. The molecule has 0 aromatic carbocycles. The standard InChI is InChI=1S/C16H36N.C10H10N2O2S4/c1-5-9-13-17(14-10-6-2,15-11-7-3)16-12-8-4;1-3-4(2)16-8(15-3)9-17-5-6(13)11-10(14)12-7(5)18-9/h5-16H2,1-4H3;5,7H,1-2H3,(H2,11,12,13,14)/q+1;/p-1. The lowest BCUT2D eigenvalue weighted by atomic mass is 10.1. The average Bonchev–Trinajstić information content (AvgIpc) is 3.41. The number of thioether (sulfide) groups is 4. The van der Waals surface area contributed by atoms with Gasteiger partial charge in [0.1, 0.15) is 10.6 Å². The third-order valence-electron chi connectivity index (χ3n) is 6.55. The summed E-state index contributed by atoms with van der Waals surface area (Å²) in [5, 5.41) is 12.9. The number of amides is 1. The van der Waals surface area contributed by atoms with Gasteiger partial charge in [-0.15, -0.1) is 11.8 Å². The van der Waals surface area contributed by atoms with Crippen LogP contribution in [0.25, 0.3) is 0 Å². The second-order valence-electron chi connectivity index (χ2n) is 9.51. The Bertz CT molecular complexity index is 744. The Labute approximate surface area is 230 Å². The molecule has 2 unspecified atom stereocenters. The average molecular weight is 560 g/mol. The fourth-order valence-corrected chi connectivity index (χ4v) is 10.0. The van der Waals surface area contributed by atoms with Crippen molar-refractivity contribution in [2.45, 2.75) is 104 Å². The molecule has 35 heavy (non-hydrogen) atoms. The maximum absolute atomic E-state index is 11.7. The highest BCUT2D eigenvalue weighted by Crippen LogP contribution is 2.59. The van der Waals surface area contributed by atoms with E-state index in [9.17, 15) is 9.90 Å². The number of carbonyl (C=O) groups is 1. The summed E-state index contributed by atoms with van der Waals surface area (Å²) in [5.41, 5.74) is 0. The van der Waals surface area contributed by atoms with Gasteiger partial charge in [-0.25, -0.2) is 0 Å². The van der Waals surface area contributed by atoms with Gasteiger partial charge in [0.2, 0.25) is 5.91 Å². The van der Waals surface area contributed by atoms with Crippen molar-refractivity contribution in [2.24, 2.45) is 4.99 Å². The molecule has 1 saturated heterocycles. The maximum atomic E-state index is 11.7. The fraction of sp³-hybridized carbons (Fsp3) is 0.769. The third kappa shape index (κ3) is 9.55. The smallest absolute Gasteiger partial charge is 0.241 e. The van der Waals surface area contributed by atoms with Crippen LogP contribution in [0.5, 0.6) is 0 Å². The van der Waals surface area contributed by atoms with Crippen molar-refractivity contribution in [3.8, 4) is 0 Å². The van der Waals surface area contributed by atoms with Gasteiger partial charge in [0, 0.05) is 0 Å². The number of nitrogens with zero attached hydrogens (tertiary/aromatic N) is 2. The number of quaternary nitrogens is 1. The zero-order valence-corrected chi connectivity index (χ0v) is 25.7. The lowest BCUT2D eigenvalue weighted by Crippen LogP contribution is -2.50. The molecule has 1 N–H and O–H groups in total. The van der Waals surface area contributed by atoms with Gasteiger partial charge in [-0.1, -0.05) is 88.7 Å². The first-order valence-corrected chi connectivity index (χ1v) is 16.7. The zero-order chi connectivity index (χ0) is 25.8. The Kier molecular flexibility index (Phi) is 14.1. The van der Waals surface area contributed by atoms with Gasteiger partial charge in [-0.3, -0.25) is 9.79 Å². The van der Waals surface area contributed by atoms with Crippen LogP contribution in [-0.2, 0) is 4.79 Å². The number of carbonyl (C=O) groups excluding carboxylic acids is 1. The van der Waals surface area contributed by atoms with Gasteiger partial charge < -0.3 is 14.9 Å². The monoisotopic (exact) mass is 559 g/mol. The molecule has 1 amide bonds. The molecule has 3 aliphatic heterocycles. The fourth-order valence-electron chi connectivity index (χ4n) is 4.24. The molecule has 0 saturated carbocycles. The molecule has 0 spiro atoms. The van der Waals surface area contributed by atoms with Gasteiger partial charge in [0.15, 0.2) is 0 Å². The SMILES string of the molecule is CC1=C(C)SC(=C2SC3N=C([O-])NC(=O)C3S2)S1.CCCC[N+](CCCC)(CCCC)CCCC. The van der Waals surface area contributed by atoms with Crippen LogP contribution in [0, 0.1) is 0 Å². The zero-order valence-electron chi connectivity index (χ0n) is 22.5. The van der Waals surface area contributed by atoms with Crippen molar-refractivity contribution >= 4 is 59.0 Å². The lowest BCUT2D eigenvalue weighted by Gasteiger charge is -2.39. The van der Waals surface area contributed by atoms with Crippen molar-refractivity contribution in [1.82, 2.24) is 5.32 Å². The molecule has 200 valence electrons. The van der Waals surface area contributed by atoms with E-state index in [4.69, 9.17) is 0 Å². The largest absolute Gasteiger partial charge is 0.846 e. The van der Waals surface area contributed by atoms with Crippen molar-refractivity contribution < 1.29 is 14.4 Å². The molecular formula is C26H45N3O2S4. The highest BCUT2D eigenvalue weighted by atomic mass is 32.2. The molecule has 0 aliphatic carbocycles. The minimum absolute atomic E-state index is 0.220. The van der Waals surface area contributed by atoms with E-state index < -0.39 is 6.02 Å². The molecule has 3 rings (SSSR count). The molecule has 0 aromatic heterocycles. The van der Waals surface area contributed by atoms with E-state index in [2.05, 4.69) is 51.9 Å². The van der Waals surface area contributed by atoms with E-state index in [0.717, 1.165) is 4.24 Å². The number of hydrogen-bond donors (Lipinski definition) is 1. The van der Waals surface area contributed by atoms with Crippen LogP contribution in [0.15, 0.2) is 23.3 Å². The van der Waals surface area contributed by atoms with Gasteiger partial charge in [-0.05, 0) is 49.3 Å². The molecule has 1 fully saturated rings. The molecule has 0 bridgehead atoms. The second-order valence-corrected chi connectivity index (χ2v) is 14.8. The summed E-state index contributed by atoms with van der Waals surface area (Å²) >= 11 is 6.53. The van der Waals surface area contributed by atoms with E-state index in [1.807, 2.05) is 0 Å². The number of allylic oxidation sites excluding steroid dienone is 2. The summed E-state index contributed by atoms with van der Waals surface area (Å²) in [6, 6.07) is -0.516. The number of unbranched alkanes of at least 4 members (excludes halogenated alkanes) is 4. The summed E-state index contributed by atoms with van der Waals surface area (Å²) < 4.78 is 3.75. The van der Waals surface area contributed by atoms with E-state index >= 15 is 0 Å². The first kappa shape index (κ1) is 31.0. The number of aliphatic imine (C=N–C) groups is 1. The van der Waals surface area contributed by atoms with Crippen LogP contribution in [0.3, 0.4) is 0 Å². The second kappa shape index (κ2) is 15.9. The van der Waals surface area contributed by atoms with E-state index in [0.29, 0.717) is 0 Å². The molecule has 0 aromatic rings. The molecule has 5 nitrogen and oxygen atoms in total. The van der Waals surface area contributed by atoms with Crippen LogP contribution in [0.4, 0.5) is 0 Å². The summed E-state index contributed by atoms with van der Waals surface area (Å²) in [6.45, 7) is 19.2. The van der Waals surface area contributed by atoms with Crippen LogP contribution >= 0.6 is 47.0 Å². The van der Waals surface area contributed by atoms with Crippen LogP contribution in [-0.4, -0.2) is 53.2 Å². The van der Waals surface area contributed by atoms with Crippen molar-refractivity contribution in [1.29, 1.82) is 0 Å². The lowest BCUT2D eigenvalue weighted by molar-refractivity contribution is -0.929. The Morgan fingerprint density at radius 1 is 0.800 bits per heavy atom. The van der Waals surface area contributed by atoms with Gasteiger partial charge in [0.05, 0.1) is 40.7 Å².